The van der Waals surface area contributed by atoms with Crippen molar-refractivity contribution in [2.75, 3.05) is 0 Å². The first kappa shape index (κ1) is 15.9. The van der Waals surface area contributed by atoms with Crippen LogP contribution in [0.4, 0.5) is 0 Å². The van der Waals surface area contributed by atoms with Gasteiger partial charge in [-0.05, 0) is 65.6 Å². The van der Waals surface area contributed by atoms with Crippen molar-refractivity contribution in [2.24, 2.45) is 39.9 Å². The summed E-state index contributed by atoms with van der Waals surface area (Å²) in [4.78, 5) is 0. The van der Waals surface area contributed by atoms with Crippen LogP contribution in [0.25, 0.3) is 0 Å². The van der Waals surface area contributed by atoms with Crippen molar-refractivity contribution in [3.63, 3.8) is 0 Å². The summed E-state index contributed by atoms with van der Waals surface area (Å²) >= 11 is 0. The van der Waals surface area contributed by atoms with Gasteiger partial charge < -0.3 is 0 Å². The molecule has 0 heteroatoms. The van der Waals surface area contributed by atoms with Gasteiger partial charge in [0.15, 0.2) is 0 Å². The molecule has 3 rings (SSSR count). The van der Waals surface area contributed by atoms with Crippen LogP contribution in [0.5, 0.6) is 0 Å². The fourth-order valence-electron chi connectivity index (χ4n) is 8.10. The van der Waals surface area contributed by atoms with Gasteiger partial charge in [-0.3, -0.25) is 0 Å². The third kappa shape index (κ3) is 2.07. The molecule has 0 aromatic rings. The van der Waals surface area contributed by atoms with Crippen LogP contribution in [0.1, 0.15) is 92.9 Å². The van der Waals surface area contributed by atoms with Gasteiger partial charge in [0.05, 0.1) is 0 Å². The highest BCUT2D eigenvalue weighted by Crippen LogP contribution is 2.80. The molecular weight excluding hydrogens is 252 g/mol. The maximum Gasteiger partial charge on any atom is -0.0223 e. The summed E-state index contributed by atoms with van der Waals surface area (Å²) in [5, 5.41) is 0. The minimum absolute atomic E-state index is 0.612. The van der Waals surface area contributed by atoms with Crippen molar-refractivity contribution >= 4 is 0 Å². The average Bonchev–Trinajstić information content (AvgIpc) is 2.52. The van der Waals surface area contributed by atoms with E-state index in [-0.39, 0.29) is 0 Å². The summed E-state index contributed by atoms with van der Waals surface area (Å²) in [5.41, 5.74) is 1.98. The van der Waals surface area contributed by atoms with Crippen LogP contribution in [-0.2, 0) is 0 Å². The van der Waals surface area contributed by atoms with Gasteiger partial charge in [-0.25, -0.2) is 0 Å². The Morgan fingerprint density at radius 1 is 1.14 bits per heavy atom. The monoisotopic (exact) mass is 290 g/mol. The number of rotatable bonds is 4. The van der Waals surface area contributed by atoms with Crippen LogP contribution < -0.4 is 0 Å². The SMILES string of the molecule is CCCC(C)CC1(C)C(C)C2C(C)(C)CC23CCCCC13. The van der Waals surface area contributed by atoms with E-state index in [0.29, 0.717) is 10.8 Å². The van der Waals surface area contributed by atoms with E-state index < -0.39 is 0 Å². The summed E-state index contributed by atoms with van der Waals surface area (Å²) in [7, 11) is 0. The second-order valence-electron chi connectivity index (χ2n) is 10.1. The van der Waals surface area contributed by atoms with E-state index in [4.69, 9.17) is 0 Å². The standard InChI is InChI=1S/C21H38/c1-7-10-15(2)13-20(6)16(3)18-19(4,5)14-21(18)12-9-8-11-17(20)21/h15-18H,7-14H2,1-6H3. The molecule has 122 valence electrons. The maximum atomic E-state index is 2.69. The van der Waals surface area contributed by atoms with Crippen molar-refractivity contribution in [1.29, 1.82) is 0 Å². The Bertz CT molecular complexity index is 395. The fraction of sp³-hybridized carbons (Fsp3) is 1.00. The molecule has 3 fully saturated rings. The van der Waals surface area contributed by atoms with Crippen molar-refractivity contribution in [1.82, 2.24) is 0 Å². The van der Waals surface area contributed by atoms with Gasteiger partial charge in [0, 0.05) is 0 Å². The van der Waals surface area contributed by atoms with Gasteiger partial charge in [-0.15, -0.1) is 0 Å². The van der Waals surface area contributed by atoms with E-state index in [0.717, 1.165) is 29.1 Å². The van der Waals surface area contributed by atoms with Crippen molar-refractivity contribution < 1.29 is 0 Å². The Balaban J connectivity index is 1.90. The molecule has 6 unspecified atom stereocenters. The third-order valence-electron chi connectivity index (χ3n) is 8.23. The lowest BCUT2D eigenvalue weighted by Gasteiger charge is -2.63. The van der Waals surface area contributed by atoms with Gasteiger partial charge in [0.25, 0.3) is 0 Å². The smallest absolute Gasteiger partial charge is 0.0223 e. The highest BCUT2D eigenvalue weighted by molar-refractivity contribution is 5.21. The van der Waals surface area contributed by atoms with E-state index in [1.54, 1.807) is 6.42 Å². The second-order valence-corrected chi connectivity index (χ2v) is 10.1. The highest BCUT2D eigenvalue weighted by Gasteiger charge is 2.73. The molecule has 0 heterocycles. The largest absolute Gasteiger partial charge is 0.0654 e. The van der Waals surface area contributed by atoms with E-state index >= 15 is 0 Å². The summed E-state index contributed by atoms with van der Waals surface area (Å²) in [5.74, 6) is 3.89. The van der Waals surface area contributed by atoms with E-state index in [2.05, 4.69) is 41.5 Å². The third-order valence-corrected chi connectivity index (χ3v) is 8.23. The van der Waals surface area contributed by atoms with Gasteiger partial charge >= 0.3 is 0 Å². The van der Waals surface area contributed by atoms with Crippen LogP contribution in [0.15, 0.2) is 0 Å². The Labute approximate surface area is 133 Å². The molecule has 6 atom stereocenters. The molecule has 0 bridgehead atoms. The maximum absolute atomic E-state index is 2.69. The number of hydrogen-bond acceptors (Lipinski definition) is 0. The minimum atomic E-state index is 0.612. The molecule has 0 aromatic carbocycles. The van der Waals surface area contributed by atoms with Crippen LogP contribution >= 0.6 is 0 Å². The molecule has 0 aliphatic heterocycles. The van der Waals surface area contributed by atoms with Gasteiger partial charge in [0.1, 0.15) is 0 Å². The molecule has 0 nitrogen and oxygen atoms in total. The lowest BCUT2D eigenvalue weighted by atomic mass is 9.42. The first-order valence-corrected chi connectivity index (χ1v) is 9.78. The van der Waals surface area contributed by atoms with Gasteiger partial charge in [-0.2, -0.15) is 0 Å². The predicted octanol–water partition coefficient (Wildman–Crippen LogP) is 6.69. The second kappa shape index (κ2) is 5.00. The molecular formula is C21H38. The number of hydrogen-bond donors (Lipinski definition) is 0. The van der Waals surface area contributed by atoms with Gasteiger partial charge in [0.2, 0.25) is 0 Å². The van der Waals surface area contributed by atoms with Crippen LogP contribution in [0.3, 0.4) is 0 Å². The molecule has 3 saturated carbocycles. The fourth-order valence-corrected chi connectivity index (χ4v) is 8.10. The molecule has 0 amide bonds. The van der Waals surface area contributed by atoms with Crippen molar-refractivity contribution in [3.8, 4) is 0 Å². The quantitative estimate of drug-likeness (QED) is 0.541. The van der Waals surface area contributed by atoms with E-state index in [9.17, 15) is 0 Å². The predicted molar refractivity (Wildman–Crippen MR) is 92.2 cm³/mol. The Hall–Kier alpha value is 0. The molecule has 0 N–H and O–H groups in total. The lowest BCUT2D eigenvalue weighted by Crippen LogP contribution is -2.55. The van der Waals surface area contributed by atoms with Gasteiger partial charge in [-0.1, -0.05) is 67.2 Å². The Morgan fingerprint density at radius 3 is 2.48 bits per heavy atom. The van der Waals surface area contributed by atoms with Crippen molar-refractivity contribution in [3.05, 3.63) is 0 Å². The average molecular weight is 291 g/mol. The van der Waals surface area contributed by atoms with E-state index in [1.807, 2.05) is 0 Å². The van der Waals surface area contributed by atoms with Crippen LogP contribution in [0.2, 0.25) is 0 Å². The minimum Gasteiger partial charge on any atom is -0.0654 e. The lowest BCUT2D eigenvalue weighted by molar-refractivity contribution is -0.138. The Kier molecular flexibility index (Phi) is 3.78. The molecule has 0 saturated heterocycles. The summed E-state index contributed by atoms with van der Waals surface area (Å²) in [6.45, 7) is 15.3. The first-order valence-electron chi connectivity index (χ1n) is 9.78. The molecule has 0 radical (unpaired) electrons. The van der Waals surface area contributed by atoms with Crippen LogP contribution in [-0.4, -0.2) is 0 Å². The summed E-state index contributed by atoms with van der Waals surface area (Å²) in [6.07, 6.45) is 11.9. The van der Waals surface area contributed by atoms with E-state index in [1.165, 1.54) is 44.9 Å². The first-order chi connectivity index (χ1) is 9.78. The molecule has 3 aliphatic carbocycles. The topological polar surface area (TPSA) is 0 Å². The molecule has 1 spiro atoms. The van der Waals surface area contributed by atoms with Crippen molar-refractivity contribution in [2.45, 2.75) is 92.9 Å². The highest BCUT2D eigenvalue weighted by atomic mass is 14.8. The molecule has 3 aliphatic rings. The molecule has 0 aromatic heterocycles. The molecule has 21 heavy (non-hydrogen) atoms. The summed E-state index contributed by atoms with van der Waals surface area (Å²) < 4.78 is 0. The van der Waals surface area contributed by atoms with Crippen LogP contribution in [0, 0.1) is 39.9 Å². The summed E-state index contributed by atoms with van der Waals surface area (Å²) in [6, 6.07) is 0. The normalized spacial score (nSPS) is 49.1. The zero-order chi connectivity index (χ0) is 15.5. The Morgan fingerprint density at radius 2 is 1.86 bits per heavy atom. The zero-order valence-electron chi connectivity index (χ0n) is 15.5. The zero-order valence-corrected chi connectivity index (χ0v) is 15.5.